The highest BCUT2D eigenvalue weighted by molar-refractivity contribution is 9.10. The summed E-state index contributed by atoms with van der Waals surface area (Å²) < 4.78 is 2.64. The lowest BCUT2D eigenvalue weighted by Crippen LogP contribution is -2.25. The van der Waals surface area contributed by atoms with E-state index in [-0.39, 0.29) is 5.91 Å². The summed E-state index contributed by atoms with van der Waals surface area (Å²) in [5, 5.41) is 7.22. The first-order valence-electron chi connectivity index (χ1n) is 6.27. The van der Waals surface area contributed by atoms with Crippen LogP contribution in [0.3, 0.4) is 0 Å². The molecule has 106 valence electrons. The maximum absolute atomic E-state index is 12.3. The number of benzene rings is 1. The molecule has 1 aromatic heterocycles. The molecule has 0 radical (unpaired) electrons. The summed E-state index contributed by atoms with van der Waals surface area (Å²) in [6.45, 7) is 5.64. The van der Waals surface area contributed by atoms with E-state index in [9.17, 15) is 4.79 Å². The van der Waals surface area contributed by atoms with Gasteiger partial charge in [-0.2, -0.15) is 5.10 Å². The van der Waals surface area contributed by atoms with Crippen molar-refractivity contribution in [2.24, 2.45) is 0 Å². The molecule has 2 aromatic rings. The van der Waals surface area contributed by atoms with Crippen molar-refractivity contribution in [3.63, 3.8) is 0 Å². The van der Waals surface area contributed by atoms with Crippen LogP contribution < -0.4 is 11.1 Å². The van der Waals surface area contributed by atoms with E-state index in [1.54, 1.807) is 28.9 Å². The summed E-state index contributed by atoms with van der Waals surface area (Å²) in [6.07, 6.45) is 0. The normalized spacial score (nSPS) is 12.2. The van der Waals surface area contributed by atoms with E-state index in [0.29, 0.717) is 11.4 Å². The van der Waals surface area contributed by atoms with Crippen LogP contribution in [0.4, 0.5) is 11.4 Å². The van der Waals surface area contributed by atoms with Crippen LogP contribution in [0.15, 0.2) is 28.7 Å². The fraction of sp³-hybridized carbons (Fsp3) is 0.286. The minimum absolute atomic E-state index is 0.131. The number of anilines is 2. The second kappa shape index (κ2) is 5.66. The Labute approximate surface area is 126 Å². The Kier molecular flexibility index (Phi) is 4.13. The summed E-state index contributed by atoms with van der Waals surface area (Å²) in [5.41, 5.74) is 8.79. The molecular formula is C14H17BrN4O. The zero-order valence-electron chi connectivity index (χ0n) is 11.6. The molecule has 0 spiro atoms. The maximum Gasteiger partial charge on any atom is 0.248 e. The monoisotopic (exact) mass is 336 g/mol. The Morgan fingerprint density at radius 3 is 2.70 bits per heavy atom. The fourth-order valence-electron chi connectivity index (χ4n) is 1.99. The van der Waals surface area contributed by atoms with E-state index < -0.39 is 6.04 Å². The van der Waals surface area contributed by atoms with Crippen molar-refractivity contribution in [3.05, 3.63) is 40.1 Å². The van der Waals surface area contributed by atoms with Gasteiger partial charge < -0.3 is 11.1 Å². The van der Waals surface area contributed by atoms with Gasteiger partial charge in [-0.3, -0.25) is 9.48 Å². The SMILES string of the molecule is Cc1nn(C(C)C(=O)Nc2cccc(N)c2)c(C)c1Br. The summed E-state index contributed by atoms with van der Waals surface area (Å²) in [4.78, 5) is 12.3. The van der Waals surface area contributed by atoms with E-state index >= 15 is 0 Å². The Hall–Kier alpha value is -1.82. The number of carbonyl (C=O) groups is 1. The van der Waals surface area contributed by atoms with Gasteiger partial charge in [-0.25, -0.2) is 0 Å². The molecule has 0 aliphatic carbocycles. The fourth-order valence-corrected chi connectivity index (χ4v) is 2.26. The number of hydrogen-bond donors (Lipinski definition) is 2. The Morgan fingerprint density at radius 1 is 1.45 bits per heavy atom. The average molecular weight is 337 g/mol. The first-order chi connectivity index (χ1) is 9.40. The Morgan fingerprint density at radius 2 is 2.15 bits per heavy atom. The average Bonchev–Trinajstić information content (AvgIpc) is 2.65. The molecule has 5 nitrogen and oxygen atoms in total. The number of aromatic nitrogens is 2. The predicted molar refractivity (Wildman–Crippen MR) is 83.6 cm³/mol. The zero-order chi connectivity index (χ0) is 14.9. The van der Waals surface area contributed by atoms with Gasteiger partial charge in [0.05, 0.1) is 15.9 Å². The summed E-state index contributed by atoms with van der Waals surface area (Å²) in [5.74, 6) is -0.131. The minimum Gasteiger partial charge on any atom is -0.399 e. The molecule has 6 heteroatoms. The largest absolute Gasteiger partial charge is 0.399 e. The highest BCUT2D eigenvalue weighted by atomic mass is 79.9. The van der Waals surface area contributed by atoms with Crippen molar-refractivity contribution < 1.29 is 4.79 Å². The molecule has 0 aliphatic heterocycles. The maximum atomic E-state index is 12.3. The molecule has 0 aliphatic rings. The van der Waals surface area contributed by atoms with Crippen molar-refractivity contribution >= 4 is 33.2 Å². The molecule has 20 heavy (non-hydrogen) atoms. The molecule has 1 unspecified atom stereocenters. The smallest absolute Gasteiger partial charge is 0.248 e. The first-order valence-corrected chi connectivity index (χ1v) is 7.07. The van der Waals surface area contributed by atoms with E-state index in [2.05, 4.69) is 26.3 Å². The number of nitrogens with zero attached hydrogens (tertiary/aromatic N) is 2. The number of rotatable bonds is 3. The number of aryl methyl sites for hydroxylation is 1. The van der Waals surface area contributed by atoms with Crippen LogP contribution in [0.25, 0.3) is 0 Å². The van der Waals surface area contributed by atoms with Gasteiger partial charge >= 0.3 is 0 Å². The van der Waals surface area contributed by atoms with Gasteiger partial charge in [-0.1, -0.05) is 6.07 Å². The van der Waals surface area contributed by atoms with Crippen molar-refractivity contribution in [1.29, 1.82) is 0 Å². The molecular weight excluding hydrogens is 320 g/mol. The highest BCUT2D eigenvalue weighted by Crippen LogP contribution is 2.23. The van der Waals surface area contributed by atoms with Gasteiger partial charge in [-0.05, 0) is 54.9 Å². The molecule has 1 amide bonds. The molecule has 1 heterocycles. The quantitative estimate of drug-likeness (QED) is 0.846. The van der Waals surface area contributed by atoms with Gasteiger partial charge in [0.25, 0.3) is 0 Å². The third kappa shape index (κ3) is 2.85. The summed E-state index contributed by atoms with van der Waals surface area (Å²) in [6, 6.07) is 6.70. The standard InChI is InChI=1S/C14H17BrN4O/c1-8-13(15)9(2)19(18-8)10(3)14(20)17-12-6-4-5-11(16)7-12/h4-7,10H,16H2,1-3H3,(H,17,20). The van der Waals surface area contributed by atoms with Gasteiger partial charge in [0.2, 0.25) is 5.91 Å². The molecule has 3 N–H and O–H groups in total. The van der Waals surface area contributed by atoms with E-state index in [0.717, 1.165) is 15.9 Å². The lowest BCUT2D eigenvalue weighted by Gasteiger charge is -2.14. The van der Waals surface area contributed by atoms with Gasteiger partial charge in [0.1, 0.15) is 6.04 Å². The lowest BCUT2D eigenvalue weighted by molar-refractivity contribution is -0.119. The molecule has 2 rings (SSSR count). The zero-order valence-corrected chi connectivity index (χ0v) is 13.2. The topological polar surface area (TPSA) is 72.9 Å². The number of carbonyl (C=O) groups excluding carboxylic acids is 1. The second-order valence-electron chi connectivity index (χ2n) is 4.72. The molecule has 1 atom stereocenters. The van der Waals surface area contributed by atoms with Crippen LogP contribution in [-0.2, 0) is 4.79 Å². The Bertz CT molecular complexity index is 651. The van der Waals surface area contributed by atoms with E-state index in [1.165, 1.54) is 0 Å². The first kappa shape index (κ1) is 14.6. The van der Waals surface area contributed by atoms with Gasteiger partial charge in [0, 0.05) is 11.4 Å². The number of hydrogen-bond acceptors (Lipinski definition) is 3. The predicted octanol–water partition coefficient (Wildman–Crippen LogP) is 3.04. The molecule has 0 saturated heterocycles. The molecule has 0 fully saturated rings. The van der Waals surface area contributed by atoms with Crippen LogP contribution in [0, 0.1) is 13.8 Å². The van der Waals surface area contributed by atoms with Crippen LogP contribution in [0.1, 0.15) is 24.4 Å². The molecule has 1 aromatic carbocycles. The van der Waals surface area contributed by atoms with Crippen molar-refractivity contribution in [1.82, 2.24) is 9.78 Å². The van der Waals surface area contributed by atoms with Crippen LogP contribution >= 0.6 is 15.9 Å². The van der Waals surface area contributed by atoms with Gasteiger partial charge in [0.15, 0.2) is 0 Å². The third-order valence-corrected chi connectivity index (χ3v) is 4.28. The van der Waals surface area contributed by atoms with Crippen molar-refractivity contribution in [3.8, 4) is 0 Å². The van der Waals surface area contributed by atoms with E-state index in [4.69, 9.17) is 5.73 Å². The van der Waals surface area contributed by atoms with Crippen molar-refractivity contribution in [2.45, 2.75) is 26.8 Å². The second-order valence-corrected chi connectivity index (χ2v) is 5.51. The summed E-state index contributed by atoms with van der Waals surface area (Å²) >= 11 is 3.46. The Balaban J connectivity index is 2.18. The lowest BCUT2D eigenvalue weighted by atomic mass is 10.2. The van der Waals surface area contributed by atoms with Crippen molar-refractivity contribution in [2.75, 3.05) is 11.1 Å². The number of nitrogen functional groups attached to an aromatic ring is 1. The molecule has 0 saturated carbocycles. The van der Waals surface area contributed by atoms with Crippen LogP contribution in [0.5, 0.6) is 0 Å². The summed E-state index contributed by atoms with van der Waals surface area (Å²) in [7, 11) is 0. The molecule has 0 bridgehead atoms. The number of halogens is 1. The highest BCUT2D eigenvalue weighted by Gasteiger charge is 2.20. The minimum atomic E-state index is -0.401. The van der Waals surface area contributed by atoms with Crippen LogP contribution in [0.2, 0.25) is 0 Å². The number of amides is 1. The third-order valence-electron chi connectivity index (χ3n) is 3.14. The van der Waals surface area contributed by atoms with Gasteiger partial charge in [-0.15, -0.1) is 0 Å². The van der Waals surface area contributed by atoms with E-state index in [1.807, 2.05) is 20.8 Å². The van der Waals surface area contributed by atoms with Crippen LogP contribution in [-0.4, -0.2) is 15.7 Å². The number of nitrogens with two attached hydrogens (primary N) is 1. The number of nitrogens with one attached hydrogen (secondary N) is 1.